The van der Waals surface area contributed by atoms with E-state index in [0.29, 0.717) is 44.5 Å². The second-order valence-electron chi connectivity index (χ2n) is 10.6. The molecule has 7 aromatic rings. The molecule has 0 aliphatic carbocycles. The highest BCUT2D eigenvalue weighted by Gasteiger charge is 2.25. The van der Waals surface area contributed by atoms with Gasteiger partial charge in [-0.3, -0.25) is 0 Å². The summed E-state index contributed by atoms with van der Waals surface area (Å²) in [4.78, 5) is 9.71. The van der Waals surface area contributed by atoms with Crippen molar-refractivity contribution < 1.29 is 16.8 Å². The van der Waals surface area contributed by atoms with Crippen molar-refractivity contribution in [2.75, 3.05) is 0 Å². The fraction of sp³-hybridized carbons (Fsp3) is 0.0588. The van der Waals surface area contributed by atoms with Crippen LogP contribution in [-0.4, -0.2) is 34.7 Å². The predicted molar refractivity (Wildman–Crippen MR) is 171 cm³/mol. The first-order valence-electron chi connectivity index (χ1n) is 13.8. The second kappa shape index (κ2) is 10.3. The molecule has 0 spiro atoms. The van der Waals surface area contributed by atoms with Crippen molar-refractivity contribution in [1.29, 1.82) is 0 Å². The van der Waals surface area contributed by atoms with Gasteiger partial charge in [-0.1, -0.05) is 71.8 Å². The molecule has 44 heavy (non-hydrogen) atoms. The van der Waals surface area contributed by atoms with Gasteiger partial charge in [0, 0.05) is 40.5 Å². The molecular formula is C34H26N4O4S2. The zero-order valence-electron chi connectivity index (χ0n) is 23.8. The van der Waals surface area contributed by atoms with E-state index in [2.05, 4.69) is 4.98 Å². The lowest BCUT2D eigenvalue weighted by molar-refractivity contribution is 0.587. The zero-order chi connectivity index (χ0) is 30.6. The van der Waals surface area contributed by atoms with Crippen molar-refractivity contribution in [3.05, 3.63) is 133 Å². The molecule has 0 aliphatic heterocycles. The average molecular weight is 619 g/mol. The Balaban J connectivity index is 1.38. The van der Waals surface area contributed by atoms with E-state index in [1.807, 2.05) is 38.1 Å². The summed E-state index contributed by atoms with van der Waals surface area (Å²) in [6, 6.07) is 29.6. The van der Waals surface area contributed by atoms with Gasteiger partial charge in [0.25, 0.3) is 20.0 Å². The number of aromatic nitrogens is 4. The van der Waals surface area contributed by atoms with Crippen LogP contribution in [0.15, 0.2) is 132 Å². The third-order valence-corrected chi connectivity index (χ3v) is 11.1. The fourth-order valence-corrected chi connectivity index (χ4v) is 8.10. The average Bonchev–Trinajstić information content (AvgIpc) is 3.62. The van der Waals surface area contributed by atoms with E-state index in [1.165, 1.54) is 7.94 Å². The van der Waals surface area contributed by atoms with Crippen LogP contribution in [0.5, 0.6) is 0 Å². The number of hydrogen-bond donors (Lipinski definition) is 0. The van der Waals surface area contributed by atoms with Crippen LogP contribution in [0.3, 0.4) is 0 Å². The number of rotatable bonds is 6. The summed E-state index contributed by atoms with van der Waals surface area (Å²) in [5, 5.41) is 1.38. The molecule has 8 nitrogen and oxygen atoms in total. The first kappa shape index (κ1) is 27.8. The number of para-hydroxylation sites is 2. The molecule has 0 saturated heterocycles. The highest BCUT2D eigenvalue weighted by Crippen LogP contribution is 2.35. The van der Waals surface area contributed by atoms with Gasteiger partial charge in [-0.05, 0) is 56.3 Å². The summed E-state index contributed by atoms with van der Waals surface area (Å²) in [5.41, 5.74) is 4.58. The molecule has 0 bridgehead atoms. The van der Waals surface area contributed by atoms with Gasteiger partial charge in [0.1, 0.15) is 0 Å². The number of fused-ring (bicyclic) bond motifs is 2. The maximum Gasteiger partial charge on any atom is 0.268 e. The Morgan fingerprint density at radius 2 is 1.00 bits per heavy atom. The van der Waals surface area contributed by atoms with Gasteiger partial charge in [0.05, 0.1) is 26.5 Å². The SMILES string of the molecule is Cc1ccc(S(=O)(=O)n2cc(-c3ccnc(-c4cn(S(=O)(=O)c5ccc(C)cc5)c5ccccc45)n3)c3ccccc32)cc1. The van der Waals surface area contributed by atoms with E-state index in [1.54, 1.807) is 97.5 Å². The Morgan fingerprint density at radius 1 is 0.545 bits per heavy atom. The number of aryl methyl sites for hydroxylation is 2. The van der Waals surface area contributed by atoms with Crippen molar-refractivity contribution >= 4 is 41.9 Å². The Hall–Kier alpha value is -5.06. The van der Waals surface area contributed by atoms with Crippen molar-refractivity contribution in [2.45, 2.75) is 23.6 Å². The summed E-state index contributed by atoms with van der Waals surface area (Å²) in [6.45, 7) is 3.81. The van der Waals surface area contributed by atoms with Crippen LogP contribution in [0.4, 0.5) is 0 Å². The van der Waals surface area contributed by atoms with Crippen LogP contribution in [0.1, 0.15) is 11.1 Å². The molecule has 0 unspecified atom stereocenters. The van der Waals surface area contributed by atoms with Crippen molar-refractivity contribution in [3.63, 3.8) is 0 Å². The van der Waals surface area contributed by atoms with Crippen molar-refractivity contribution in [2.24, 2.45) is 0 Å². The Kier molecular flexibility index (Phi) is 6.49. The molecule has 0 fully saturated rings. The van der Waals surface area contributed by atoms with E-state index in [4.69, 9.17) is 4.98 Å². The van der Waals surface area contributed by atoms with Crippen LogP contribution >= 0.6 is 0 Å². The van der Waals surface area contributed by atoms with Crippen LogP contribution in [0.2, 0.25) is 0 Å². The Bertz CT molecular complexity index is 2260. The standard InChI is InChI=1S/C34H26N4O4S2/c1-23-11-15-25(16-12-23)43(39,40)37-21-29(27-7-3-5-9-32(27)37)31-19-20-35-34(36-31)30-22-38(33-10-6-4-8-28(30)33)44(41,42)26-17-13-24(2)14-18-26/h3-22H,1-2H3. The van der Waals surface area contributed by atoms with E-state index < -0.39 is 20.0 Å². The fourth-order valence-electron chi connectivity index (χ4n) is 5.37. The lowest BCUT2D eigenvalue weighted by atomic mass is 10.1. The van der Waals surface area contributed by atoms with Gasteiger partial charge >= 0.3 is 0 Å². The minimum absolute atomic E-state index is 0.174. The summed E-state index contributed by atoms with van der Waals surface area (Å²) < 4.78 is 57.5. The van der Waals surface area contributed by atoms with Gasteiger partial charge in [-0.25, -0.2) is 34.7 Å². The number of nitrogens with zero attached hydrogens (tertiary/aromatic N) is 4. The van der Waals surface area contributed by atoms with Gasteiger partial charge in [-0.2, -0.15) is 0 Å². The van der Waals surface area contributed by atoms with Gasteiger partial charge < -0.3 is 0 Å². The summed E-state index contributed by atoms with van der Waals surface area (Å²) >= 11 is 0. The third-order valence-electron chi connectivity index (χ3n) is 7.68. The molecule has 3 heterocycles. The molecule has 0 saturated carbocycles. The number of benzene rings is 4. The second-order valence-corrected chi connectivity index (χ2v) is 14.2. The van der Waals surface area contributed by atoms with Crippen LogP contribution in [-0.2, 0) is 20.0 Å². The maximum atomic E-state index is 13.7. The molecule has 0 amide bonds. The van der Waals surface area contributed by atoms with Crippen molar-refractivity contribution in [3.8, 4) is 22.6 Å². The van der Waals surface area contributed by atoms with E-state index >= 15 is 0 Å². The molecule has 0 aliphatic rings. The molecule has 3 aromatic heterocycles. The lowest BCUT2D eigenvalue weighted by Gasteiger charge is -2.07. The van der Waals surface area contributed by atoms with E-state index in [0.717, 1.165) is 11.1 Å². The van der Waals surface area contributed by atoms with Crippen LogP contribution in [0, 0.1) is 13.8 Å². The minimum atomic E-state index is -3.91. The molecule has 7 rings (SSSR count). The Labute approximate surface area is 255 Å². The molecule has 10 heteroatoms. The molecule has 4 aromatic carbocycles. The zero-order valence-corrected chi connectivity index (χ0v) is 25.4. The van der Waals surface area contributed by atoms with Gasteiger partial charge in [-0.15, -0.1) is 0 Å². The Morgan fingerprint density at radius 3 is 1.52 bits per heavy atom. The summed E-state index contributed by atoms with van der Waals surface area (Å²) in [6.07, 6.45) is 4.72. The lowest BCUT2D eigenvalue weighted by Crippen LogP contribution is -2.11. The predicted octanol–water partition coefficient (Wildman–Crippen LogP) is 6.81. The first-order valence-corrected chi connectivity index (χ1v) is 16.7. The molecule has 0 atom stereocenters. The quantitative estimate of drug-likeness (QED) is 0.203. The third kappa shape index (κ3) is 4.50. The molecule has 0 N–H and O–H groups in total. The molecular weight excluding hydrogens is 593 g/mol. The topological polar surface area (TPSA) is 104 Å². The molecule has 218 valence electrons. The first-order chi connectivity index (χ1) is 21.1. The smallest absolute Gasteiger partial charge is 0.240 e. The highest BCUT2D eigenvalue weighted by molar-refractivity contribution is 7.90. The summed E-state index contributed by atoms with van der Waals surface area (Å²) in [7, 11) is -7.81. The van der Waals surface area contributed by atoms with Gasteiger partial charge in [0.2, 0.25) is 0 Å². The van der Waals surface area contributed by atoms with Crippen molar-refractivity contribution in [1.82, 2.24) is 17.9 Å². The van der Waals surface area contributed by atoms with E-state index in [9.17, 15) is 16.8 Å². The number of hydrogen-bond acceptors (Lipinski definition) is 6. The summed E-state index contributed by atoms with van der Waals surface area (Å²) in [5.74, 6) is 0.315. The van der Waals surface area contributed by atoms with Crippen LogP contribution < -0.4 is 0 Å². The normalized spacial score (nSPS) is 12.2. The monoisotopic (exact) mass is 618 g/mol. The van der Waals surface area contributed by atoms with E-state index in [-0.39, 0.29) is 9.79 Å². The molecule has 0 radical (unpaired) electrons. The maximum absolute atomic E-state index is 13.7. The van der Waals surface area contributed by atoms with Gasteiger partial charge in [0.15, 0.2) is 5.82 Å². The largest absolute Gasteiger partial charge is 0.268 e. The minimum Gasteiger partial charge on any atom is -0.240 e. The van der Waals surface area contributed by atoms with Crippen LogP contribution in [0.25, 0.3) is 44.5 Å². The highest BCUT2D eigenvalue weighted by atomic mass is 32.2.